The monoisotopic (exact) mass is 546 g/mol. The van der Waals surface area contributed by atoms with Crippen molar-refractivity contribution in [1.82, 2.24) is 29.5 Å². The minimum Gasteiger partial charge on any atom is -0.369 e. The van der Waals surface area contributed by atoms with Gasteiger partial charge >= 0.3 is 0 Å². The Hall–Kier alpha value is -3.53. The molecule has 3 heterocycles. The van der Waals surface area contributed by atoms with Gasteiger partial charge in [0.1, 0.15) is 5.52 Å². The zero-order chi connectivity index (χ0) is 27.5. The number of halogens is 1. The maximum atomic E-state index is 13.3. The predicted molar refractivity (Wildman–Crippen MR) is 159 cm³/mol. The Bertz CT molecular complexity index is 1490. The van der Waals surface area contributed by atoms with E-state index < -0.39 is 0 Å². The lowest BCUT2D eigenvalue weighted by Crippen LogP contribution is -2.46. The van der Waals surface area contributed by atoms with Crippen molar-refractivity contribution in [2.45, 2.75) is 20.3 Å². The highest BCUT2D eigenvalue weighted by Gasteiger charge is 2.18. The van der Waals surface area contributed by atoms with Crippen LogP contribution in [0.4, 0.5) is 17.3 Å². The average Bonchev–Trinajstić information content (AvgIpc) is 2.92. The summed E-state index contributed by atoms with van der Waals surface area (Å²) in [5.74, 6) is 0.414. The lowest BCUT2D eigenvalue weighted by atomic mass is 10.2. The number of piperazine rings is 1. The zero-order valence-electron chi connectivity index (χ0n) is 23.0. The van der Waals surface area contributed by atoms with E-state index in [2.05, 4.69) is 61.3 Å². The second-order valence-electron chi connectivity index (χ2n) is 10.3. The highest BCUT2D eigenvalue weighted by Crippen LogP contribution is 2.25. The molecule has 0 bridgehead atoms. The van der Waals surface area contributed by atoms with Gasteiger partial charge in [0.05, 0.1) is 21.8 Å². The highest BCUT2D eigenvalue weighted by molar-refractivity contribution is 6.32. The van der Waals surface area contributed by atoms with Crippen molar-refractivity contribution in [2.24, 2.45) is 0 Å². The lowest BCUT2D eigenvalue weighted by molar-refractivity contribution is 0.242. The maximum Gasteiger partial charge on any atom is 0.282 e. The number of nitrogens with one attached hydrogen (secondary N) is 1. The van der Waals surface area contributed by atoms with Crippen molar-refractivity contribution >= 4 is 39.8 Å². The molecular formula is C29H35ClN8O. The Labute approximate surface area is 234 Å². The van der Waals surface area contributed by atoms with Crippen molar-refractivity contribution in [3.63, 3.8) is 0 Å². The third-order valence-corrected chi connectivity index (χ3v) is 7.45. The molecule has 5 rings (SSSR count). The number of fused-ring (bicyclic) bond motifs is 1. The summed E-state index contributed by atoms with van der Waals surface area (Å²) in [6.07, 6.45) is 2.76. The Morgan fingerprint density at radius 1 is 1.03 bits per heavy atom. The summed E-state index contributed by atoms with van der Waals surface area (Å²) < 4.78 is 1.34. The summed E-state index contributed by atoms with van der Waals surface area (Å²) in [6, 6.07) is 13.8. The Morgan fingerprint density at radius 2 is 1.77 bits per heavy atom. The predicted octanol–water partition coefficient (Wildman–Crippen LogP) is 4.26. The fraction of sp³-hybridized carbons (Fsp3) is 0.379. The molecule has 1 aliphatic heterocycles. The summed E-state index contributed by atoms with van der Waals surface area (Å²) in [7, 11) is 4.25. The molecule has 0 radical (unpaired) electrons. The maximum absolute atomic E-state index is 13.3. The SMILES string of the molecule is Cc1cccc(Cl)c1-n1nc(C)c2nc(Nc3ccc(N4CCN(CCCN(C)C)CC4)cc3)ncc2c1=O. The minimum absolute atomic E-state index is 0.305. The molecule has 0 atom stereocenters. The smallest absolute Gasteiger partial charge is 0.282 e. The van der Waals surface area contributed by atoms with Gasteiger partial charge in [-0.1, -0.05) is 23.7 Å². The number of anilines is 3. The summed E-state index contributed by atoms with van der Waals surface area (Å²) in [5.41, 5.74) is 4.35. The molecule has 1 N–H and O–H groups in total. The van der Waals surface area contributed by atoms with Crippen molar-refractivity contribution < 1.29 is 0 Å². The molecule has 0 spiro atoms. The third-order valence-electron chi connectivity index (χ3n) is 7.15. The first-order chi connectivity index (χ1) is 18.8. The van der Waals surface area contributed by atoms with Gasteiger partial charge in [-0.15, -0.1) is 0 Å². The molecule has 2 aromatic carbocycles. The van der Waals surface area contributed by atoms with Crippen LogP contribution in [0.15, 0.2) is 53.5 Å². The van der Waals surface area contributed by atoms with Crippen LogP contribution in [-0.4, -0.2) is 82.9 Å². The van der Waals surface area contributed by atoms with Crippen molar-refractivity contribution in [3.05, 3.63) is 75.3 Å². The first kappa shape index (κ1) is 27.1. The second kappa shape index (κ2) is 11.7. The minimum atomic E-state index is -0.305. The standard InChI is InChI=1S/C29H35ClN8O/c1-20-7-5-8-25(30)27(20)38-28(39)24-19-31-29(33-26(24)21(2)34-38)32-22-9-11-23(12-10-22)37-17-15-36(16-18-37)14-6-13-35(3)4/h5,7-12,19H,6,13-18H2,1-4H3,(H,31,32,33). The van der Waals surface area contributed by atoms with Gasteiger partial charge in [0.2, 0.25) is 5.95 Å². The normalized spacial score (nSPS) is 14.4. The average molecular weight is 547 g/mol. The molecular weight excluding hydrogens is 512 g/mol. The molecule has 0 aliphatic carbocycles. The Kier molecular flexibility index (Phi) is 8.11. The van der Waals surface area contributed by atoms with E-state index in [-0.39, 0.29) is 5.56 Å². The van der Waals surface area contributed by atoms with E-state index in [9.17, 15) is 4.79 Å². The Balaban J connectivity index is 1.27. The van der Waals surface area contributed by atoms with Crippen LogP contribution in [0.5, 0.6) is 0 Å². The van der Waals surface area contributed by atoms with Crippen molar-refractivity contribution in [3.8, 4) is 5.69 Å². The summed E-state index contributed by atoms with van der Waals surface area (Å²) >= 11 is 6.40. The fourth-order valence-electron chi connectivity index (χ4n) is 5.00. The largest absolute Gasteiger partial charge is 0.369 e. The van der Waals surface area contributed by atoms with Gasteiger partial charge in [0.15, 0.2) is 0 Å². The van der Waals surface area contributed by atoms with E-state index in [0.29, 0.717) is 33.3 Å². The molecule has 0 saturated carbocycles. The van der Waals surface area contributed by atoms with E-state index >= 15 is 0 Å². The van der Waals surface area contributed by atoms with Crippen LogP contribution < -0.4 is 15.8 Å². The molecule has 1 fully saturated rings. The first-order valence-electron chi connectivity index (χ1n) is 13.3. The molecule has 0 amide bonds. The van der Waals surface area contributed by atoms with E-state index in [1.807, 2.05) is 38.1 Å². The fourth-order valence-corrected chi connectivity index (χ4v) is 5.30. The molecule has 4 aromatic rings. The van der Waals surface area contributed by atoms with E-state index in [4.69, 9.17) is 11.6 Å². The molecule has 204 valence electrons. The van der Waals surface area contributed by atoms with Crippen LogP contribution in [-0.2, 0) is 0 Å². The molecule has 10 heteroatoms. The van der Waals surface area contributed by atoms with Gasteiger partial charge in [-0.2, -0.15) is 9.78 Å². The summed E-state index contributed by atoms with van der Waals surface area (Å²) in [5, 5.41) is 8.65. The van der Waals surface area contributed by atoms with Crippen molar-refractivity contribution in [2.75, 3.05) is 63.6 Å². The van der Waals surface area contributed by atoms with Gasteiger partial charge < -0.3 is 15.1 Å². The van der Waals surface area contributed by atoms with E-state index in [1.165, 1.54) is 16.8 Å². The quantitative estimate of drug-likeness (QED) is 0.351. The summed E-state index contributed by atoms with van der Waals surface area (Å²) in [4.78, 5) is 29.5. The number of nitrogens with zero attached hydrogens (tertiary/aromatic N) is 7. The number of para-hydroxylation sites is 1. The van der Waals surface area contributed by atoms with Crippen LogP contribution in [0.2, 0.25) is 5.02 Å². The molecule has 0 unspecified atom stereocenters. The third kappa shape index (κ3) is 6.06. The number of hydrogen-bond donors (Lipinski definition) is 1. The highest BCUT2D eigenvalue weighted by atomic mass is 35.5. The van der Waals surface area contributed by atoms with E-state index in [0.717, 1.165) is 50.5 Å². The number of benzene rings is 2. The first-order valence-corrected chi connectivity index (χ1v) is 13.7. The second-order valence-corrected chi connectivity index (χ2v) is 10.7. The van der Waals surface area contributed by atoms with Gasteiger partial charge in [-0.3, -0.25) is 9.69 Å². The lowest BCUT2D eigenvalue weighted by Gasteiger charge is -2.36. The van der Waals surface area contributed by atoms with Gasteiger partial charge in [0.25, 0.3) is 5.56 Å². The molecule has 1 saturated heterocycles. The number of hydrogen-bond acceptors (Lipinski definition) is 8. The molecule has 1 aliphatic rings. The van der Waals surface area contributed by atoms with Crippen LogP contribution in [0.25, 0.3) is 16.6 Å². The molecule has 2 aromatic heterocycles. The topological polar surface area (TPSA) is 82.4 Å². The number of aryl methyl sites for hydroxylation is 2. The molecule has 9 nitrogen and oxygen atoms in total. The van der Waals surface area contributed by atoms with Crippen LogP contribution in [0.3, 0.4) is 0 Å². The van der Waals surface area contributed by atoms with Gasteiger partial charge in [-0.25, -0.2) is 9.97 Å². The van der Waals surface area contributed by atoms with Gasteiger partial charge in [-0.05, 0) is 83.3 Å². The van der Waals surface area contributed by atoms with Crippen LogP contribution >= 0.6 is 11.6 Å². The number of aromatic nitrogens is 4. The van der Waals surface area contributed by atoms with Crippen LogP contribution in [0, 0.1) is 13.8 Å². The zero-order valence-corrected chi connectivity index (χ0v) is 23.7. The Morgan fingerprint density at radius 3 is 2.46 bits per heavy atom. The molecule has 39 heavy (non-hydrogen) atoms. The van der Waals surface area contributed by atoms with Crippen molar-refractivity contribution in [1.29, 1.82) is 0 Å². The number of rotatable bonds is 8. The summed E-state index contributed by atoms with van der Waals surface area (Å²) in [6.45, 7) is 10.2. The van der Waals surface area contributed by atoms with E-state index in [1.54, 1.807) is 12.3 Å². The van der Waals surface area contributed by atoms with Gasteiger partial charge in [0, 0.05) is 43.8 Å². The van der Waals surface area contributed by atoms with Crippen LogP contribution in [0.1, 0.15) is 17.7 Å².